The van der Waals surface area contributed by atoms with Crippen LogP contribution in [0, 0.1) is 11.8 Å². The molecular weight excluding hydrogens is 252 g/mol. The molecule has 1 fully saturated rings. The van der Waals surface area contributed by atoms with E-state index < -0.39 is 0 Å². The second-order valence-electron chi connectivity index (χ2n) is 5.79. The molecular formula is C16H20N2O2. The second-order valence-corrected chi connectivity index (χ2v) is 5.79. The molecule has 0 spiro atoms. The molecule has 1 aromatic carbocycles. The van der Waals surface area contributed by atoms with Gasteiger partial charge in [0.1, 0.15) is 5.58 Å². The summed E-state index contributed by atoms with van der Waals surface area (Å²) in [5, 5.41) is 3.85. The van der Waals surface area contributed by atoms with Crippen LogP contribution in [0.4, 0.5) is 5.69 Å². The molecule has 3 N–H and O–H groups in total. The molecule has 2 aromatic rings. The molecule has 3 rings (SSSR count). The van der Waals surface area contributed by atoms with E-state index >= 15 is 0 Å². The van der Waals surface area contributed by atoms with Gasteiger partial charge in [-0.25, -0.2) is 0 Å². The lowest BCUT2D eigenvalue weighted by Gasteiger charge is -2.15. The molecule has 1 amide bonds. The smallest absolute Gasteiger partial charge is 0.287 e. The zero-order chi connectivity index (χ0) is 14.1. The average Bonchev–Trinajstić information content (AvgIpc) is 3.01. The molecule has 1 aromatic heterocycles. The third-order valence-corrected chi connectivity index (χ3v) is 4.33. The summed E-state index contributed by atoms with van der Waals surface area (Å²) in [7, 11) is 0. The second kappa shape index (κ2) is 5.19. The molecule has 1 heterocycles. The van der Waals surface area contributed by atoms with Gasteiger partial charge in [0.05, 0.1) is 0 Å². The van der Waals surface area contributed by atoms with Crippen molar-refractivity contribution < 1.29 is 9.21 Å². The first-order valence-corrected chi connectivity index (χ1v) is 7.21. The molecule has 4 heteroatoms. The zero-order valence-corrected chi connectivity index (χ0v) is 11.7. The highest BCUT2D eigenvalue weighted by atomic mass is 16.3. The Bertz CT molecular complexity index is 632. The summed E-state index contributed by atoms with van der Waals surface area (Å²) >= 11 is 0. The Hall–Kier alpha value is -1.97. The van der Waals surface area contributed by atoms with Crippen molar-refractivity contribution in [3.8, 4) is 0 Å². The molecule has 1 aliphatic carbocycles. The fourth-order valence-corrected chi connectivity index (χ4v) is 3.01. The fourth-order valence-electron chi connectivity index (χ4n) is 3.01. The van der Waals surface area contributed by atoms with Crippen molar-refractivity contribution in [2.45, 2.75) is 26.2 Å². The molecule has 0 bridgehead atoms. The Morgan fingerprint density at radius 1 is 1.40 bits per heavy atom. The molecule has 1 aliphatic rings. The molecule has 20 heavy (non-hydrogen) atoms. The van der Waals surface area contributed by atoms with Gasteiger partial charge < -0.3 is 15.5 Å². The van der Waals surface area contributed by atoms with Gasteiger partial charge >= 0.3 is 0 Å². The number of anilines is 1. The SMILES string of the molecule is CC1CCCC1CNC(=O)c1cc2cc(N)ccc2o1. The number of furan rings is 1. The number of benzene rings is 1. The van der Waals surface area contributed by atoms with Crippen LogP contribution in [-0.4, -0.2) is 12.5 Å². The minimum Gasteiger partial charge on any atom is -0.451 e. The normalized spacial score (nSPS) is 22.2. The maximum Gasteiger partial charge on any atom is 0.287 e. The van der Waals surface area contributed by atoms with Crippen LogP contribution in [0.1, 0.15) is 36.7 Å². The summed E-state index contributed by atoms with van der Waals surface area (Å²) in [6, 6.07) is 7.13. The third kappa shape index (κ3) is 2.50. The minimum absolute atomic E-state index is 0.140. The third-order valence-electron chi connectivity index (χ3n) is 4.33. The van der Waals surface area contributed by atoms with Crippen molar-refractivity contribution in [3.63, 3.8) is 0 Å². The Labute approximate surface area is 118 Å². The van der Waals surface area contributed by atoms with Gasteiger partial charge in [-0.3, -0.25) is 4.79 Å². The minimum atomic E-state index is -0.140. The largest absolute Gasteiger partial charge is 0.451 e. The monoisotopic (exact) mass is 272 g/mol. The Kier molecular flexibility index (Phi) is 3.38. The van der Waals surface area contributed by atoms with Crippen molar-refractivity contribution in [2.75, 3.05) is 12.3 Å². The van der Waals surface area contributed by atoms with Crippen molar-refractivity contribution in [1.29, 1.82) is 0 Å². The Morgan fingerprint density at radius 3 is 3.00 bits per heavy atom. The highest BCUT2D eigenvalue weighted by molar-refractivity contribution is 5.96. The van der Waals surface area contributed by atoms with E-state index in [1.165, 1.54) is 19.3 Å². The van der Waals surface area contributed by atoms with Crippen LogP contribution in [-0.2, 0) is 0 Å². The van der Waals surface area contributed by atoms with Crippen molar-refractivity contribution in [1.82, 2.24) is 5.32 Å². The lowest BCUT2D eigenvalue weighted by Crippen LogP contribution is -2.29. The molecule has 0 radical (unpaired) electrons. The van der Waals surface area contributed by atoms with Gasteiger partial charge in [-0.05, 0) is 42.5 Å². The molecule has 0 aliphatic heterocycles. The van der Waals surface area contributed by atoms with Gasteiger partial charge in [0, 0.05) is 17.6 Å². The topological polar surface area (TPSA) is 68.3 Å². The van der Waals surface area contributed by atoms with Crippen LogP contribution in [0.15, 0.2) is 28.7 Å². The predicted molar refractivity (Wildman–Crippen MR) is 79.5 cm³/mol. The van der Waals surface area contributed by atoms with E-state index in [0.29, 0.717) is 28.9 Å². The highest BCUT2D eigenvalue weighted by Crippen LogP contribution is 2.30. The number of hydrogen-bond acceptors (Lipinski definition) is 3. The zero-order valence-electron chi connectivity index (χ0n) is 11.7. The molecule has 2 unspecified atom stereocenters. The molecule has 1 saturated carbocycles. The molecule has 4 nitrogen and oxygen atoms in total. The highest BCUT2D eigenvalue weighted by Gasteiger charge is 2.24. The van der Waals surface area contributed by atoms with Gasteiger partial charge in [-0.1, -0.05) is 19.8 Å². The van der Waals surface area contributed by atoms with Gasteiger partial charge in [0.2, 0.25) is 0 Å². The first kappa shape index (κ1) is 13.0. The van der Waals surface area contributed by atoms with Crippen molar-refractivity contribution in [2.24, 2.45) is 11.8 Å². The maximum absolute atomic E-state index is 12.1. The van der Waals surface area contributed by atoms with Gasteiger partial charge in [0.25, 0.3) is 5.91 Å². The number of carbonyl (C=O) groups excluding carboxylic acids is 1. The van der Waals surface area contributed by atoms with Crippen LogP contribution in [0.2, 0.25) is 0 Å². The number of amides is 1. The average molecular weight is 272 g/mol. The van der Waals surface area contributed by atoms with Gasteiger partial charge in [-0.15, -0.1) is 0 Å². The Morgan fingerprint density at radius 2 is 2.25 bits per heavy atom. The van der Waals surface area contributed by atoms with Crippen LogP contribution in [0.5, 0.6) is 0 Å². The summed E-state index contributed by atoms with van der Waals surface area (Å²) < 4.78 is 5.56. The van der Waals surface area contributed by atoms with E-state index in [4.69, 9.17) is 10.2 Å². The number of hydrogen-bond donors (Lipinski definition) is 2. The van der Waals surface area contributed by atoms with Crippen LogP contribution in [0.3, 0.4) is 0 Å². The lowest BCUT2D eigenvalue weighted by atomic mass is 9.98. The van der Waals surface area contributed by atoms with E-state index in [2.05, 4.69) is 12.2 Å². The number of fused-ring (bicyclic) bond motifs is 1. The number of carbonyl (C=O) groups is 1. The first-order valence-electron chi connectivity index (χ1n) is 7.21. The number of nitrogens with two attached hydrogens (primary N) is 1. The van der Waals surface area contributed by atoms with E-state index in [-0.39, 0.29) is 5.91 Å². The Balaban J connectivity index is 1.69. The number of nitrogen functional groups attached to an aromatic ring is 1. The van der Waals surface area contributed by atoms with E-state index in [0.717, 1.165) is 11.9 Å². The molecule has 2 atom stereocenters. The summed E-state index contributed by atoms with van der Waals surface area (Å²) in [4.78, 5) is 12.1. The quantitative estimate of drug-likeness (QED) is 0.843. The first-order chi connectivity index (χ1) is 9.63. The summed E-state index contributed by atoms with van der Waals surface area (Å²) in [5.41, 5.74) is 7.09. The number of nitrogens with one attached hydrogen (secondary N) is 1. The van der Waals surface area contributed by atoms with Crippen LogP contribution < -0.4 is 11.1 Å². The van der Waals surface area contributed by atoms with E-state index in [1.807, 2.05) is 6.07 Å². The molecule has 0 saturated heterocycles. The van der Waals surface area contributed by atoms with E-state index in [1.54, 1.807) is 18.2 Å². The van der Waals surface area contributed by atoms with Gasteiger partial charge in [0.15, 0.2) is 5.76 Å². The van der Waals surface area contributed by atoms with Gasteiger partial charge in [-0.2, -0.15) is 0 Å². The maximum atomic E-state index is 12.1. The van der Waals surface area contributed by atoms with E-state index in [9.17, 15) is 4.79 Å². The van der Waals surface area contributed by atoms with Crippen LogP contribution in [0.25, 0.3) is 11.0 Å². The van der Waals surface area contributed by atoms with Crippen molar-refractivity contribution >= 4 is 22.6 Å². The summed E-state index contributed by atoms with van der Waals surface area (Å²) in [6.07, 6.45) is 3.74. The molecule has 106 valence electrons. The predicted octanol–water partition coefficient (Wildman–Crippen LogP) is 3.18. The number of rotatable bonds is 3. The lowest BCUT2D eigenvalue weighted by molar-refractivity contribution is 0.0919. The van der Waals surface area contributed by atoms with Crippen molar-refractivity contribution in [3.05, 3.63) is 30.0 Å². The summed E-state index contributed by atoms with van der Waals surface area (Å²) in [5.74, 6) is 1.51. The summed E-state index contributed by atoms with van der Waals surface area (Å²) in [6.45, 7) is 2.99. The fraction of sp³-hybridized carbons (Fsp3) is 0.438. The van der Waals surface area contributed by atoms with Crippen LogP contribution >= 0.6 is 0 Å². The standard InChI is InChI=1S/C16H20N2O2/c1-10-3-2-4-11(10)9-18-16(19)15-8-12-7-13(17)5-6-14(12)20-15/h5-8,10-11H,2-4,9,17H2,1H3,(H,18,19).